The van der Waals surface area contributed by atoms with Crippen LogP contribution in [0.3, 0.4) is 0 Å². The second-order valence-electron chi connectivity index (χ2n) is 7.71. The normalized spacial score (nSPS) is 21.1. The predicted molar refractivity (Wildman–Crippen MR) is 109 cm³/mol. The molecule has 0 aromatic carbocycles. The van der Waals surface area contributed by atoms with Gasteiger partial charge in [-0.2, -0.15) is 9.29 Å². The number of carbonyl (C=O) groups is 1. The lowest BCUT2D eigenvalue weighted by Gasteiger charge is -2.31. The van der Waals surface area contributed by atoms with Crippen LogP contribution in [0.15, 0.2) is 15.5 Å². The Hall–Kier alpha value is -1.78. The molecule has 2 aromatic rings. The molecule has 8 nitrogen and oxygen atoms in total. The topological polar surface area (TPSA) is 105 Å². The van der Waals surface area contributed by atoms with Crippen molar-refractivity contribution in [3.05, 3.63) is 16.8 Å². The van der Waals surface area contributed by atoms with Gasteiger partial charge in [0.2, 0.25) is 27.6 Å². The minimum Gasteiger partial charge on any atom is -0.356 e. The largest absolute Gasteiger partial charge is 0.356 e. The Morgan fingerprint density at radius 2 is 2.14 bits per heavy atom. The van der Waals surface area contributed by atoms with Crippen molar-refractivity contribution in [2.75, 3.05) is 19.6 Å². The summed E-state index contributed by atoms with van der Waals surface area (Å²) in [7, 11) is -3.69. The molecule has 1 saturated carbocycles. The van der Waals surface area contributed by atoms with Gasteiger partial charge < -0.3 is 9.84 Å². The highest BCUT2D eigenvalue weighted by Gasteiger charge is 2.35. The fourth-order valence-electron chi connectivity index (χ4n) is 3.82. The van der Waals surface area contributed by atoms with E-state index in [1.807, 2.05) is 6.92 Å². The van der Waals surface area contributed by atoms with Crippen LogP contribution in [0.1, 0.15) is 55.7 Å². The number of hydrogen-bond donors (Lipinski definition) is 1. The quantitative estimate of drug-likeness (QED) is 0.743. The van der Waals surface area contributed by atoms with E-state index < -0.39 is 10.0 Å². The number of hydrogen-bond acceptors (Lipinski definition) is 7. The molecule has 1 N–H and O–H groups in total. The molecule has 1 aliphatic heterocycles. The van der Waals surface area contributed by atoms with Crippen molar-refractivity contribution in [1.29, 1.82) is 0 Å². The first-order valence-corrected chi connectivity index (χ1v) is 12.4. The Morgan fingerprint density at radius 3 is 2.83 bits per heavy atom. The molecule has 1 aliphatic carbocycles. The van der Waals surface area contributed by atoms with Crippen LogP contribution in [-0.4, -0.2) is 48.4 Å². The van der Waals surface area contributed by atoms with Crippen LogP contribution in [0, 0.1) is 12.8 Å². The van der Waals surface area contributed by atoms with Crippen LogP contribution >= 0.6 is 11.3 Å². The van der Waals surface area contributed by atoms with Gasteiger partial charge in [0.1, 0.15) is 0 Å². The Labute approximate surface area is 174 Å². The van der Waals surface area contributed by atoms with E-state index in [4.69, 9.17) is 4.52 Å². The molecule has 0 bridgehead atoms. The number of thiophene rings is 1. The lowest BCUT2D eigenvalue weighted by Crippen LogP contribution is -2.45. The number of sulfonamides is 1. The van der Waals surface area contributed by atoms with Crippen molar-refractivity contribution in [2.24, 2.45) is 5.92 Å². The minimum atomic E-state index is -3.69. The summed E-state index contributed by atoms with van der Waals surface area (Å²) in [5.74, 6) is 1.03. The smallest absolute Gasteiger partial charge is 0.244 e. The van der Waals surface area contributed by atoms with Gasteiger partial charge in [0.25, 0.3) is 0 Å². The average Bonchev–Trinajstić information content (AvgIpc) is 3.28. The average molecular weight is 439 g/mol. The molecule has 29 heavy (non-hydrogen) atoms. The Balaban J connectivity index is 1.55. The summed E-state index contributed by atoms with van der Waals surface area (Å²) in [6.07, 6.45) is 4.68. The van der Waals surface area contributed by atoms with Gasteiger partial charge in [-0.25, -0.2) is 8.42 Å². The third-order valence-electron chi connectivity index (χ3n) is 5.71. The second-order valence-corrected chi connectivity index (χ2v) is 10.9. The van der Waals surface area contributed by atoms with Crippen LogP contribution in [-0.2, 0) is 14.8 Å². The highest BCUT2D eigenvalue weighted by molar-refractivity contribution is 7.89. The van der Waals surface area contributed by atoms with Crippen molar-refractivity contribution in [1.82, 2.24) is 19.8 Å². The highest BCUT2D eigenvalue weighted by atomic mass is 32.2. The summed E-state index contributed by atoms with van der Waals surface area (Å²) in [4.78, 5) is 18.3. The SMILES string of the molecule is CCNC(=O)[C@H]1CCCN(S(=O)(=O)c2cc(-c3noc(C4CCC4)n3)sc2C)C1. The molecule has 0 spiro atoms. The number of rotatable bonds is 6. The number of aromatic nitrogens is 2. The molecule has 1 saturated heterocycles. The number of carbonyl (C=O) groups excluding carboxylic acids is 1. The van der Waals surface area contributed by atoms with Gasteiger partial charge >= 0.3 is 0 Å². The van der Waals surface area contributed by atoms with Crippen molar-refractivity contribution in [2.45, 2.75) is 56.8 Å². The molecule has 1 atom stereocenters. The zero-order chi connectivity index (χ0) is 20.6. The maximum absolute atomic E-state index is 13.3. The van der Waals surface area contributed by atoms with Gasteiger partial charge in [-0.15, -0.1) is 11.3 Å². The summed E-state index contributed by atoms with van der Waals surface area (Å²) < 4.78 is 33.4. The first-order valence-electron chi connectivity index (χ1n) is 10.1. The van der Waals surface area contributed by atoms with E-state index in [1.165, 1.54) is 22.1 Å². The summed E-state index contributed by atoms with van der Waals surface area (Å²) >= 11 is 1.35. The molecule has 3 heterocycles. The fraction of sp³-hybridized carbons (Fsp3) is 0.632. The van der Waals surface area contributed by atoms with Gasteiger partial charge in [-0.05, 0) is 45.6 Å². The minimum absolute atomic E-state index is 0.0783. The summed E-state index contributed by atoms with van der Waals surface area (Å²) in [5.41, 5.74) is 0. The monoisotopic (exact) mass is 438 g/mol. The molecule has 0 unspecified atom stereocenters. The maximum Gasteiger partial charge on any atom is 0.244 e. The van der Waals surface area contributed by atoms with E-state index in [0.29, 0.717) is 53.3 Å². The Bertz CT molecular complexity index is 994. The van der Waals surface area contributed by atoms with Gasteiger partial charge in [-0.1, -0.05) is 11.6 Å². The fourth-order valence-corrected chi connectivity index (χ4v) is 6.83. The van der Waals surface area contributed by atoms with E-state index in [0.717, 1.165) is 12.8 Å². The van der Waals surface area contributed by atoms with Crippen LogP contribution in [0.25, 0.3) is 10.7 Å². The van der Waals surface area contributed by atoms with Crippen molar-refractivity contribution in [3.8, 4) is 10.7 Å². The number of aryl methyl sites for hydroxylation is 1. The molecular formula is C19H26N4O4S2. The molecular weight excluding hydrogens is 412 g/mol. The van der Waals surface area contributed by atoms with E-state index in [2.05, 4.69) is 15.5 Å². The molecule has 10 heteroatoms. The first kappa shape index (κ1) is 20.5. The zero-order valence-electron chi connectivity index (χ0n) is 16.7. The van der Waals surface area contributed by atoms with Crippen molar-refractivity contribution in [3.63, 3.8) is 0 Å². The summed E-state index contributed by atoms with van der Waals surface area (Å²) in [6.45, 7) is 4.84. The molecule has 1 amide bonds. The highest BCUT2D eigenvalue weighted by Crippen LogP contribution is 2.38. The summed E-state index contributed by atoms with van der Waals surface area (Å²) in [5, 5.41) is 6.86. The van der Waals surface area contributed by atoms with E-state index in [1.54, 1.807) is 13.0 Å². The second kappa shape index (κ2) is 8.16. The Morgan fingerprint density at radius 1 is 1.34 bits per heavy atom. The van der Waals surface area contributed by atoms with E-state index >= 15 is 0 Å². The Kier molecular flexibility index (Phi) is 5.76. The molecule has 0 radical (unpaired) electrons. The first-order chi connectivity index (χ1) is 13.9. The van der Waals surface area contributed by atoms with E-state index in [-0.39, 0.29) is 23.3 Å². The predicted octanol–water partition coefficient (Wildman–Crippen LogP) is 2.91. The van der Waals surface area contributed by atoms with Crippen LogP contribution in [0.2, 0.25) is 0 Å². The maximum atomic E-state index is 13.3. The molecule has 158 valence electrons. The molecule has 2 aliphatic rings. The van der Waals surface area contributed by atoms with Crippen LogP contribution in [0.4, 0.5) is 0 Å². The van der Waals surface area contributed by atoms with Gasteiger partial charge in [-0.3, -0.25) is 4.79 Å². The standard InChI is InChI=1S/C19H26N4O4S2/c1-3-20-18(24)14-8-5-9-23(11-14)29(25,26)16-10-15(28-12(16)2)17-21-19(27-22-17)13-6-4-7-13/h10,13-14H,3-9,11H2,1-2H3,(H,20,24)/t14-/m0/s1. The van der Waals surface area contributed by atoms with Crippen LogP contribution < -0.4 is 5.32 Å². The van der Waals surface area contributed by atoms with Crippen molar-refractivity contribution < 1.29 is 17.7 Å². The molecule has 2 fully saturated rings. The molecule has 4 rings (SSSR count). The van der Waals surface area contributed by atoms with Gasteiger partial charge in [0, 0.05) is 30.4 Å². The van der Waals surface area contributed by atoms with Gasteiger partial charge in [0.05, 0.1) is 15.7 Å². The van der Waals surface area contributed by atoms with Crippen molar-refractivity contribution >= 4 is 27.3 Å². The zero-order valence-corrected chi connectivity index (χ0v) is 18.3. The lowest BCUT2D eigenvalue weighted by atomic mass is 9.85. The number of nitrogens with zero attached hydrogens (tertiary/aromatic N) is 3. The van der Waals surface area contributed by atoms with Crippen LogP contribution in [0.5, 0.6) is 0 Å². The van der Waals surface area contributed by atoms with E-state index in [9.17, 15) is 13.2 Å². The number of amides is 1. The number of piperidine rings is 1. The lowest BCUT2D eigenvalue weighted by molar-refractivity contribution is -0.125. The van der Waals surface area contributed by atoms with Gasteiger partial charge in [0.15, 0.2) is 0 Å². The third kappa shape index (κ3) is 3.97. The summed E-state index contributed by atoms with van der Waals surface area (Å²) in [6, 6.07) is 1.64. The number of nitrogens with one attached hydrogen (secondary N) is 1. The molecule has 2 aromatic heterocycles. The third-order valence-corrected chi connectivity index (χ3v) is 8.88.